The number of benzene rings is 1. The fourth-order valence-corrected chi connectivity index (χ4v) is 1.92. The van der Waals surface area contributed by atoms with Crippen LogP contribution >= 0.6 is 0 Å². The van der Waals surface area contributed by atoms with Gasteiger partial charge in [-0.05, 0) is 32.0 Å². The largest absolute Gasteiger partial charge is 0.380 e. The summed E-state index contributed by atoms with van der Waals surface area (Å²) in [7, 11) is -3.88. The fraction of sp³-hybridized carbons (Fsp3) is 0.455. The van der Waals surface area contributed by atoms with Crippen molar-refractivity contribution in [3.8, 4) is 0 Å². The van der Waals surface area contributed by atoms with Crippen LogP contribution in [0.15, 0.2) is 23.1 Å². The minimum Gasteiger partial charge on any atom is -0.380 e. The van der Waals surface area contributed by atoms with Crippen LogP contribution in [0.25, 0.3) is 0 Å². The molecular weight excluding hydrogens is 259 g/mol. The molecule has 5 nitrogen and oxygen atoms in total. The monoisotopic (exact) mass is 276 g/mol. The summed E-state index contributed by atoms with van der Waals surface area (Å²) in [5.41, 5.74) is 0.217. The van der Waals surface area contributed by atoms with Gasteiger partial charge in [-0.1, -0.05) is 0 Å². The molecule has 0 heterocycles. The van der Waals surface area contributed by atoms with E-state index in [0.717, 1.165) is 6.07 Å². The first-order valence-corrected chi connectivity index (χ1v) is 7.06. The van der Waals surface area contributed by atoms with Crippen LogP contribution in [0.3, 0.4) is 0 Å². The summed E-state index contributed by atoms with van der Waals surface area (Å²) < 4.78 is 40.9. The van der Waals surface area contributed by atoms with Crippen molar-refractivity contribution in [3.63, 3.8) is 0 Å². The maximum absolute atomic E-state index is 13.6. The second-order valence-electron chi connectivity index (χ2n) is 3.89. The van der Waals surface area contributed by atoms with Crippen LogP contribution in [-0.2, 0) is 14.8 Å². The molecule has 102 valence electrons. The van der Waals surface area contributed by atoms with E-state index in [1.54, 1.807) is 0 Å². The number of nitrogens with two attached hydrogens (primary N) is 1. The van der Waals surface area contributed by atoms with Crippen molar-refractivity contribution < 1.29 is 17.5 Å². The summed E-state index contributed by atoms with van der Waals surface area (Å²) in [4.78, 5) is -0.247. The third kappa shape index (κ3) is 4.25. The van der Waals surface area contributed by atoms with Crippen LogP contribution in [0.1, 0.15) is 13.8 Å². The van der Waals surface area contributed by atoms with E-state index in [4.69, 9.17) is 9.88 Å². The second-order valence-corrected chi connectivity index (χ2v) is 5.45. The van der Waals surface area contributed by atoms with E-state index < -0.39 is 15.8 Å². The summed E-state index contributed by atoms with van der Waals surface area (Å²) in [5, 5.41) is 7.80. The van der Waals surface area contributed by atoms with Crippen molar-refractivity contribution in [2.75, 3.05) is 18.5 Å². The molecule has 0 amide bonds. The topological polar surface area (TPSA) is 81.4 Å². The van der Waals surface area contributed by atoms with Crippen LogP contribution in [0, 0.1) is 5.82 Å². The molecule has 1 unspecified atom stereocenters. The maximum Gasteiger partial charge on any atom is 0.238 e. The highest BCUT2D eigenvalue weighted by Gasteiger charge is 2.12. The van der Waals surface area contributed by atoms with Crippen molar-refractivity contribution in [1.82, 2.24) is 0 Å². The Kier molecular flexibility index (Phi) is 5.06. The molecule has 0 fully saturated rings. The molecule has 1 atom stereocenters. The van der Waals surface area contributed by atoms with E-state index in [1.165, 1.54) is 12.1 Å². The molecular formula is C11H17FN2O3S. The number of anilines is 1. The van der Waals surface area contributed by atoms with Gasteiger partial charge >= 0.3 is 0 Å². The molecule has 0 bridgehead atoms. The Morgan fingerprint density at radius 1 is 1.50 bits per heavy atom. The lowest BCUT2D eigenvalue weighted by atomic mass is 10.2. The van der Waals surface area contributed by atoms with E-state index in [1.807, 2.05) is 13.8 Å². The van der Waals surface area contributed by atoms with Gasteiger partial charge in [0.1, 0.15) is 5.82 Å². The standard InChI is InChI=1S/C11H17FN2O3S/c1-3-17-7-8(2)14-11-5-4-9(6-10(11)12)18(13,15)16/h4-6,8,14H,3,7H2,1-2H3,(H2,13,15,16). The predicted octanol–water partition coefficient (Wildman–Crippen LogP) is 1.31. The molecule has 1 rings (SSSR count). The predicted molar refractivity (Wildman–Crippen MR) is 67.4 cm³/mol. The zero-order valence-corrected chi connectivity index (χ0v) is 11.1. The zero-order chi connectivity index (χ0) is 13.8. The Morgan fingerprint density at radius 3 is 2.67 bits per heavy atom. The van der Waals surface area contributed by atoms with Gasteiger partial charge < -0.3 is 10.1 Å². The summed E-state index contributed by atoms with van der Waals surface area (Å²) in [5.74, 6) is -0.662. The van der Waals surface area contributed by atoms with Crippen LogP contribution in [0.4, 0.5) is 10.1 Å². The van der Waals surface area contributed by atoms with Crippen LogP contribution < -0.4 is 10.5 Å². The third-order valence-corrected chi connectivity index (χ3v) is 3.15. The van der Waals surface area contributed by atoms with E-state index >= 15 is 0 Å². The smallest absolute Gasteiger partial charge is 0.238 e. The van der Waals surface area contributed by atoms with Gasteiger partial charge in [-0.3, -0.25) is 0 Å². The van der Waals surface area contributed by atoms with Crippen molar-refractivity contribution in [2.45, 2.75) is 24.8 Å². The number of nitrogens with one attached hydrogen (secondary N) is 1. The average Bonchev–Trinajstić information content (AvgIpc) is 2.27. The number of primary sulfonamides is 1. The molecule has 18 heavy (non-hydrogen) atoms. The van der Waals surface area contributed by atoms with Crippen molar-refractivity contribution in [2.24, 2.45) is 5.14 Å². The van der Waals surface area contributed by atoms with E-state index in [2.05, 4.69) is 5.32 Å². The highest BCUT2D eigenvalue weighted by Crippen LogP contribution is 2.18. The molecule has 0 spiro atoms. The van der Waals surface area contributed by atoms with E-state index in [-0.39, 0.29) is 16.6 Å². The lowest BCUT2D eigenvalue weighted by molar-refractivity contribution is 0.141. The zero-order valence-electron chi connectivity index (χ0n) is 10.3. The highest BCUT2D eigenvalue weighted by atomic mass is 32.2. The minimum atomic E-state index is -3.88. The minimum absolute atomic E-state index is 0.0835. The Balaban J connectivity index is 2.80. The Morgan fingerprint density at radius 2 is 2.17 bits per heavy atom. The van der Waals surface area contributed by atoms with Gasteiger partial charge in [0.05, 0.1) is 17.2 Å². The van der Waals surface area contributed by atoms with Gasteiger partial charge in [0.25, 0.3) is 0 Å². The van der Waals surface area contributed by atoms with Gasteiger partial charge in [0, 0.05) is 12.6 Å². The fourth-order valence-electron chi connectivity index (χ4n) is 1.39. The molecule has 3 N–H and O–H groups in total. The molecule has 0 aliphatic rings. The van der Waals surface area contributed by atoms with E-state index in [0.29, 0.717) is 13.2 Å². The Hall–Kier alpha value is -1.18. The first-order valence-electron chi connectivity index (χ1n) is 5.51. The van der Waals surface area contributed by atoms with Crippen molar-refractivity contribution in [3.05, 3.63) is 24.0 Å². The number of halogens is 1. The Labute approximate surface area is 106 Å². The maximum atomic E-state index is 13.6. The summed E-state index contributed by atoms with van der Waals surface area (Å²) in [6, 6.07) is 3.41. The van der Waals surface area contributed by atoms with Gasteiger partial charge in [-0.2, -0.15) is 0 Å². The van der Waals surface area contributed by atoms with Crippen molar-refractivity contribution in [1.29, 1.82) is 0 Å². The number of ether oxygens (including phenoxy) is 1. The van der Waals surface area contributed by atoms with Gasteiger partial charge in [0.2, 0.25) is 10.0 Å². The van der Waals surface area contributed by atoms with Gasteiger partial charge in [0.15, 0.2) is 0 Å². The molecule has 1 aromatic carbocycles. The van der Waals surface area contributed by atoms with Crippen LogP contribution in [0.5, 0.6) is 0 Å². The van der Waals surface area contributed by atoms with Crippen molar-refractivity contribution >= 4 is 15.7 Å². The van der Waals surface area contributed by atoms with Gasteiger partial charge in [-0.25, -0.2) is 17.9 Å². The quantitative estimate of drug-likeness (QED) is 0.821. The second kappa shape index (κ2) is 6.12. The lowest BCUT2D eigenvalue weighted by Gasteiger charge is -2.15. The number of hydrogen-bond acceptors (Lipinski definition) is 4. The molecule has 0 radical (unpaired) electrons. The lowest BCUT2D eigenvalue weighted by Crippen LogP contribution is -2.22. The molecule has 7 heteroatoms. The summed E-state index contributed by atoms with van der Waals surface area (Å²) in [6.07, 6.45) is 0. The van der Waals surface area contributed by atoms with Crippen LogP contribution in [-0.4, -0.2) is 27.7 Å². The summed E-state index contributed by atoms with van der Waals surface area (Å²) >= 11 is 0. The van der Waals surface area contributed by atoms with Gasteiger partial charge in [-0.15, -0.1) is 0 Å². The number of sulfonamides is 1. The third-order valence-electron chi connectivity index (χ3n) is 2.24. The normalized spacial score (nSPS) is 13.3. The van der Waals surface area contributed by atoms with Crippen LogP contribution in [0.2, 0.25) is 0 Å². The molecule has 1 aromatic rings. The molecule has 0 saturated carbocycles. The molecule has 0 aliphatic heterocycles. The Bertz CT molecular complexity index is 505. The summed E-state index contributed by atoms with van der Waals surface area (Å²) in [6.45, 7) is 4.72. The van der Waals surface area contributed by atoms with E-state index in [9.17, 15) is 12.8 Å². The number of hydrogen-bond donors (Lipinski definition) is 2. The molecule has 0 aromatic heterocycles. The first kappa shape index (κ1) is 14.9. The molecule has 0 aliphatic carbocycles. The first-order chi connectivity index (χ1) is 8.34. The average molecular weight is 276 g/mol. The number of rotatable bonds is 6. The SMILES string of the molecule is CCOCC(C)Nc1ccc(S(N)(=O)=O)cc1F. The molecule has 0 saturated heterocycles. The highest BCUT2D eigenvalue weighted by molar-refractivity contribution is 7.89.